The van der Waals surface area contributed by atoms with Crippen LogP contribution in [0.5, 0.6) is 5.75 Å². The van der Waals surface area contributed by atoms with Gasteiger partial charge in [0.05, 0.1) is 31.4 Å². The van der Waals surface area contributed by atoms with Gasteiger partial charge in [0.1, 0.15) is 18.0 Å². The van der Waals surface area contributed by atoms with Crippen molar-refractivity contribution in [3.8, 4) is 11.4 Å². The Hall–Kier alpha value is -3.61. The molecule has 13 heteroatoms. The Labute approximate surface area is 207 Å². The topological polar surface area (TPSA) is 75.5 Å². The summed E-state index contributed by atoms with van der Waals surface area (Å²) in [5, 5.41) is 6.89. The van der Waals surface area contributed by atoms with Crippen molar-refractivity contribution in [3.05, 3.63) is 70.3 Å². The third kappa shape index (κ3) is 4.99. The predicted octanol–water partition coefficient (Wildman–Crippen LogP) is 5.74. The zero-order valence-corrected chi connectivity index (χ0v) is 19.8. The van der Waals surface area contributed by atoms with Crippen LogP contribution in [0.1, 0.15) is 59.5 Å². The molecule has 0 bridgehead atoms. The smallest absolute Gasteiger partial charge is 0.452 e. The highest BCUT2D eigenvalue weighted by molar-refractivity contribution is 5.70. The van der Waals surface area contributed by atoms with Gasteiger partial charge in [-0.2, -0.15) is 26.3 Å². The van der Waals surface area contributed by atoms with Crippen molar-refractivity contribution in [2.75, 3.05) is 13.7 Å². The Kier molecular flexibility index (Phi) is 6.93. The molecule has 0 radical (unpaired) electrons. The molecule has 37 heavy (non-hydrogen) atoms. The van der Waals surface area contributed by atoms with Crippen molar-refractivity contribution in [2.24, 2.45) is 0 Å². The number of benzene rings is 2. The van der Waals surface area contributed by atoms with Gasteiger partial charge in [-0.3, -0.25) is 9.36 Å². The molecule has 0 aliphatic carbocycles. The van der Waals surface area contributed by atoms with Gasteiger partial charge in [-0.25, -0.2) is 0 Å². The summed E-state index contributed by atoms with van der Waals surface area (Å²) in [5.41, 5.74) is -0.751. The highest BCUT2D eigenvalue weighted by atomic mass is 19.4. The molecule has 1 aliphatic rings. The maximum atomic E-state index is 13.9. The SMILES string of the molecule is CCOC(=O)C[C@@H]1O[C@@H](c2cccc(OC)c2C)c2cc(C(F)(F)F)ccc2-n2c1nnc2C(F)(F)F. The van der Waals surface area contributed by atoms with Gasteiger partial charge in [0, 0.05) is 5.56 Å². The molecule has 1 aliphatic heterocycles. The van der Waals surface area contributed by atoms with Crippen molar-refractivity contribution >= 4 is 5.97 Å². The molecule has 0 saturated carbocycles. The number of methoxy groups -OCH3 is 1. The maximum Gasteiger partial charge on any atom is 0.452 e. The Morgan fingerprint density at radius 1 is 1.05 bits per heavy atom. The number of alkyl halides is 6. The fraction of sp³-hybridized carbons (Fsp3) is 0.375. The first-order valence-corrected chi connectivity index (χ1v) is 11.0. The Morgan fingerprint density at radius 2 is 1.78 bits per heavy atom. The van der Waals surface area contributed by atoms with Crippen LogP contribution in [0, 0.1) is 6.92 Å². The lowest BCUT2D eigenvalue weighted by Gasteiger charge is -2.25. The van der Waals surface area contributed by atoms with E-state index in [9.17, 15) is 31.1 Å². The normalized spacial score (nSPS) is 17.5. The summed E-state index contributed by atoms with van der Waals surface area (Å²) < 4.78 is 99.9. The minimum atomic E-state index is -5.01. The first-order chi connectivity index (χ1) is 17.4. The third-order valence-electron chi connectivity index (χ3n) is 5.89. The van der Waals surface area contributed by atoms with E-state index < -0.39 is 54.2 Å². The van der Waals surface area contributed by atoms with E-state index in [-0.39, 0.29) is 17.9 Å². The molecule has 3 aromatic rings. The molecule has 2 heterocycles. The molecule has 0 spiro atoms. The molecular formula is C24H21F6N3O4. The van der Waals surface area contributed by atoms with Gasteiger partial charge in [-0.1, -0.05) is 12.1 Å². The number of hydrogen-bond donors (Lipinski definition) is 0. The van der Waals surface area contributed by atoms with E-state index in [1.54, 1.807) is 32.0 Å². The second kappa shape index (κ2) is 9.69. The highest BCUT2D eigenvalue weighted by Crippen LogP contribution is 2.46. The van der Waals surface area contributed by atoms with Crippen molar-refractivity contribution in [1.82, 2.24) is 14.8 Å². The van der Waals surface area contributed by atoms with E-state index >= 15 is 0 Å². The first kappa shape index (κ1) is 26.5. The van der Waals surface area contributed by atoms with E-state index in [0.29, 0.717) is 27.5 Å². The molecule has 7 nitrogen and oxygen atoms in total. The van der Waals surface area contributed by atoms with Crippen LogP contribution >= 0.6 is 0 Å². The summed E-state index contributed by atoms with van der Waals surface area (Å²) in [4.78, 5) is 12.4. The number of ether oxygens (including phenoxy) is 3. The largest absolute Gasteiger partial charge is 0.496 e. The molecule has 0 unspecified atom stereocenters. The van der Waals surface area contributed by atoms with E-state index in [4.69, 9.17) is 14.2 Å². The van der Waals surface area contributed by atoms with Gasteiger partial charge >= 0.3 is 18.3 Å². The number of halogens is 6. The Bertz CT molecular complexity index is 1320. The number of carbonyl (C=O) groups excluding carboxylic acids is 1. The lowest BCUT2D eigenvalue weighted by molar-refractivity contribution is -0.147. The second-order valence-corrected chi connectivity index (χ2v) is 8.17. The molecule has 0 amide bonds. The van der Waals surface area contributed by atoms with Gasteiger partial charge in [0.15, 0.2) is 5.82 Å². The van der Waals surface area contributed by atoms with Crippen LogP contribution in [0.2, 0.25) is 0 Å². The van der Waals surface area contributed by atoms with Gasteiger partial charge in [-0.05, 0) is 49.2 Å². The Morgan fingerprint density at radius 3 is 2.41 bits per heavy atom. The third-order valence-corrected chi connectivity index (χ3v) is 5.89. The maximum absolute atomic E-state index is 13.9. The van der Waals surface area contributed by atoms with Crippen molar-refractivity contribution < 1.29 is 45.3 Å². The minimum Gasteiger partial charge on any atom is -0.496 e. The first-order valence-electron chi connectivity index (χ1n) is 11.0. The van der Waals surface area contributed by atoms with Crippen LogP contribution < -0.4 is 4.74 Å². The van der Waals surface area contributed by atoms with E-state index in [1.165, 1.54) is 7.11 Å². The number of nitrogens with zero attached hydrogens (tertiary/aromatic N) is 3. The minimum absolute atomic E-state index is 0.000363. The summed E-state index contributed by atoms with van der Waals surface area (Å²) in [6.45, 7) is 3.18. The van der Waals surface area contributed by atoms with Crippen LogP contribution in [0.3, 0.4) is 0 Å². The zero-order chi connectivity index (χ0) is 27.1. The van der Waals surface area contributed by atoms with Crippen LogP contribution in [0.15, 0.2) is 36.4 Å². The summed E-state index contributed by atoms with van der Waals surface area (Å²) in [5.74, 6) is -2.27. The summed E-state index contributed by atoms with van der Waals surface area (Å²) in [7, 11) is 1.40. The molecule has 2 atom stereocenters. The molecule has 2 aromatic carbocycles. The molecular weight excluding hydrogens is 508 g/mol. The van der Waals surface area contributed by atoms with Crippen LogP contribution in [0.25, 0.3) is 5.69 Å². The number of fused-ring (bicyclic) bond motifs is 3. The van der Waals surface area contributed by atoms with Gasteiger partial charge in [0.2, 0.25) is 5.82 Å². The molecule has 0 N–H and O–H groups in total. The average Bonchev–Trinajstić information content (AvgIpc) is 3.22. The predicted molar refractivity (Wildman–Crippen MR) is 116 cm³/mol. The lowest BCUT2D eigenvalue weighted by Crippen LogP contribution is -2.18. The van der Waals surface area contributed by atoms with Gasteiger partial charge in [0.25, 0.3) is 0 Å². The molecule has 0 saturated heterocycles. The summed E-state index contributed by atoms with van der Waals surface area (Å²) in [6.07, 6.45) is -13.1. The zero-order valence-electron chi connectivity index (χ0n) is 19.8. The average molecular weight is 529 g/mol. The summed E-state index contributed by atoms with van der Waals surface area (Å²) in [6, 6.07) is 7.07. The van der Waals surface area contributed by atoms with E-state index in [0.717, 1.165) is 12.1 Å². The highest BCUT2D eigenvalue weighted by Gasteiger charge is 2.44. The number of hydrogen-bond acceptors (Lipinski definition) is 6. The quantitative estimate of drug-likeness (QED) is 0.310. The van der Waals surface area contributed by atoms with Crippen LogP contribution in [-0.2, 0) is 26.6 Å². The molecule has 198 valence electrons. The fourth-order valence-corrected chi connectivity index (χ4v) is 4.26. The van der Waals surface area contributed by atoms with E-state index in [1.807, 2.05) is 0 Å². The van der Waals surface area contributed by atoms with Crippen LogP contribution in [-0.4, -0.2) is 34.5 Å². The van der Waals surface area contributed by atoms with Gasteiger partial charge in [-0.15, -0.1) is 10.2 Å². The summed E-state index contributed by atoms with van der Waals surface area (Å²) >= 11 is 0. The molecule has 4 rings (SSSR count). The number of aromatic nitrogens is 3. The number of esters is 1. The lowest BCUT2D eigenvalue weighted by atomic mass is 9.94. The fourth-order valence-electron chi connectivity index (χ4n) is 4.26. The Balaban J connectivity index is 2.03. The standard InChI is InChI=1S/C24H21F6N3O4/c1-4-36-19(34)11-18-21-31-32-22(24(28,29)30)33(21)16-9-8-13(23(25,26)27)10-15(16)20(37-18)14-6-5-7-17(35-3)12(14)2/h5-10,18,20H,4,11H2,1-3H3/t18-,20-/m0/s1. The van der Waals surface area contributed by atoms with Crippen LogP contribution in [0.4, 0.5) is 26.3 Å². The molecule has 1 aromatic heterocycles. The second-order valence-electron chi connectivity index (χ2n) is 8.17. The van der Waals surface area contributed by atoms with Crippen molar-refractivity contribution in [1.29, 1.82) is 0 Å². The monoisotopic (exact) mass is 529 g/mol. The molecule has 0 fully saturated rings. The van der Waals surface area contributed by atoms with Crippen molar-refractivity contribution in [3.63, 3.8) is 0 Å². The van der Waals surface area contributed by atoms with Gasteiger partial charge < -0.3 is 14.2 Å². The van der Waals surface area contributed by atoms with E-state index in [2.05, 4.69) is 10.2 Å². The number of rotatable bonds is 5. The van der Waals surface area contributed by atoms with Crippen molar-refractivity contribution in [2.45, 2.75) is 44.8 Å². The number of carbonyl (C=O) groups is 1.